The first-order chi connectivity index (χ1) is 30.7. The topological polar surface area (TPSA) is 25.8 Å². The highest BCUT2D eigenvalue weighted by molar-refractivity contribution is 7.26. The molecule has 4 heteroatoms. The zero-order chi connectivity index (χ0) is 40.7. The molecule has 0 radical (unpaired) electrons. The van der Waals surface area contributed by atoms with Crippen molar-refractivity contribution in [3.8, 4) is 55.9 Å². The first-order valence-corrected chi connectivity index (χ1v) is 22.6. The Morgan fingerprint density at radius 2 is 0.645 bits per heavy atom. The lowest BCUT2D eigenvalue weighted by molar-refractivity contribution is 1.31. The summed E-state index contributed by atoms with van der Waals surface area (Å²) in [5, 5.41) is 9.71. The van der Waals surface area contributed by atoms with E-state index >= 15 is 0 Å². The zero-order valence-electron chi connectivity index (χ0n) is 33.3. The maximum absolute atomic E-state index is 5.79. The van der Waals surface area contributed by atoms with Gasteiger partial charge in [0.2, 0.25) is 0 Å². The lowest BCUT2D eigenvalue weighted by Crippen LogP contribution is -1.98. The van der Waals surface area contributed by atoms with Crippen molar-refractivity contribution in [1.82, 2.24) is 9.97 Å². The summed E-state index contributed by atoms with van der Waals surface area (Å²) >= 11 is 3.74. The fraction of sp³-hybridized carbons (Fsp3) is 0. The van der Waals surface area contributed by atoms with Gasteiger partial charge in [-0.2, -0.15) is 0 Å². The molecule has 62 heavy (non-hydrogen) atoms. The zero-order valence-corrected chi connectivity index (χ0v) is 35.0. The van der Waals surface area contributed by atoms with Crippen LogP contribution in [0.15, 0.2) is 206 Å². The predicted molar refractivity (Wildman–Crippen MR) is 268 cm³/mol. The first-order valence-electron chi connectivity index (χ1n) is 21.0. The molecule has 0 N–H and O–H groups in total. The summed E-state index contributed by atoms with van der Waals surface area (Å²) in [4.78, 5) is 11.5. The van der Waals surface area contributed by atoms with Crippen molar-refractivity contribution in [2.24, 2.45) is 0 Å². The lowest BCUT2D eigenvalue weighted by atomic mass is 9.92. The molecule has 0 bridgehead atoms. The molecule has 13 rings (SSSR count). The molecule has 0 saturated heterocycles. The average Bonchev–Trinajstić information content (AvgIpc) is 3.93. The van der Waals surface area contributed by atoms with E-state index in [0.717, 1.165) is 55.4 Å². The molecule has 0 aliphatic heterocycles. The van der Waals surface area contributed by atoms with Gasteiger partial charge in [0, 0.05) is 62.2 Å². The minimum atomic E-state index is 0.862. The van der Waals surface area contributed by atoms with Crippen molar-refractivity contribution in [1.29, 1.82) is 0 Å². The molecule has 0 unspecified atom stereocenters. The molecule has 0 spiro atoms. The van der Waals surface area contributed by atoms with E-state index < -0.39 is 0 Å². The van der Waals surface area contributed by atoms with E-state index in [9.17, 15) is 0 Å². The highest BCUT2D eigenvalue weighted by Gasteiger charge is 2.21. The van der Waals surface area contributed by atoms with Crippen LogP contribution in [0.1, 0.15) is 0 Å². The van der Waals surface area contributed by atoms with Gasteiger partial charge in [-0.05, 0) is 74.5 Å². The molecule has 0 fully saturated rings. The molecule has 0 saturated carbocycles. The summed E-state index contributed by atoms with van der Waals surface area (Å²) < 4.78 is 5.16. The molecule has 10 aromatic carbocycles. The maximum atomic E-state index is 5.79. The molecular formula is C58H34N2S2. The summed E-state index contributed by atoms with van der Waals surface area (Å²) in [5.41, 5.74) is 12.7. The van der Waals surface area contributed by atoms with Crippen LogP contribution in [0.5, 0.6) is 0 Å². The number of fused-ring (bicyclic) bond motifs is 12. The van der Waals surface area contributed by atoms with Crippen LogP contribution in [0.25, 0.3) is 129 Å². The minimum Gasteiger partial charge on any atom is -0.243 e. The second-order valence-corrected chi connectivity index (χ2v) is 18.1. The van der Waals surface area contributed by atoms with E-state index in [1.54, 1.807) is 0 Å². The fourth-order valence-electron chi connectivity index (χ4n) is 9.54. The smallest absolute Gasteiger partial charge is 0.0979 e. The van der Waals surface area contributed by atoms with Crippen molar-refractivity contribution in [2.75, 3.05) is 0 Å². The fourth-order valence-corrected chi connectivity index (χ4v) is 12.0. The van der Waals surface area contributed by atoms with Gasteiger partial charge in [-0.1, -0.05) is 176 Å². The van der Waals surface area contributed by atoms with Crippen molar-refractivity contribution < 1.29 is 0 Å². The summed E-state index contributed by atoms with van der Waals surface area (Å²) in [7, 11) is 0. The quantitative estimate of drug-likeness (QED) is 0.162. The second-order valence-electron chi connectivity index (χ2n) is 16.0. The molecule has 3 heterocycles. The van der Waals surface area contributed by atoms with Gasteiger partial charge in [0.05, 0.1) is 22.4 Å². The van der Waals surface area contributed by atoms with E-state index in [0.29, 0.717) is 0 Å². The maximum Gasteiger partial charge on any atom is 0.0979 e. The Kier molecular flexibility index (Phi) is 7.99. The van der Waals surface area contributed by atoms with Crippen molar-refractivity contribution in [3.63, 3.8) is 0 Å². The monoisotopic (exact) mass is 822 g/mol. The third-order valence-electron chi connectivity index (χ3n) is 12.5. The van der Waals surface area contributed by atoms with Gasteiger partial charge in [0.1, 0.15) is 0 Å². The van der Waals surface area contributed by atoms with E-state index in [-0.39, 0.29) is 0 Å². The van der Waals surface area contributed by atoms with Crippen LogP contribution < -0.4 is 0 Å². The Morgan fingerprint density at radius 1 is 0.258 bits per heavy atom. The predicted octanol–water partition coefficient (Wildman–Crippen LogP) is 17.0. The summed E-state index contributed by atoms with van der Waals surface area (Å²) in [5.74, 6) is 0. The average molecular weight is 823 g/mol. The van der Waals surface area contributed by atoms with E-state index in [2.05, 4.69) is 206 Å². The Labute approximate surface area is 365 Å². The molecule has 0 aliphatic carbocycles. The van der Waals surface area contributed by atoms with E-state index in [4.69, 9.17) is 9.97 Å². The molecule has 2 nitrogen and oxygen atoms in total. The number of rotatable bonds is 5. The Balaban J connectivity index is 1.13. The lowest BCUT2D eigenvalue weighted by Gasteiger charge is -2.17. The van der Waals surface area contributed by atoms with Crippen LogP contribution in [-0.2, 0) is 0 Å². The molecule has 0 amide bonds. The number of thiophene rings is 2. The summed E-state index contributed by atoms with van der Waals surface area (Å²) in [6.07, 6.45) is 0. The third-order valence-corrected chi connectivity index (χ3v) is 14.9. The Bertz CT molecular complexity index is 3780. The number of hydrogen-bond donors (Lipinski definition) is 0. The van der Waals surface area contributed by atoms with Crippen LogP contribution in [0.4, 0.5) is 0 Å². The normalized spacial score (nSPS) is 11.9. The van der Waals surface area contributed by atoms with Crippen molar-refractivity contribution in [3.05, 3.63) is 206 Å². The van der Waals surface area contributed by atoms with E-state index in [1.165, 1.54) is 73.4 Å². The first kappa shape index (κ1) is 35.3. The molecule has 0 atom stereocenters. The van der Waals surface area contributed by atoms with Gasteiger partial charge in [-0.25, -0.2) is 9.97 Å². The van der Waals surface area contributed by atoms with Crippen molar-refractivity contribution >= 4 is 95.6 Å². The van der Waals surface area contributed by atoms with Gasteiger partial charge in [0.25, 0.3) is 0 Å². The van der Waals surface area contributed by atoms with Crippen LogP contribution in [0.3, 0.4) is 0 Å². The number of nitrogens with zero attached hydrogens (tertiary/aromatic N) is 2. The molecule has 288 valence electrons. The highest BCUT2D eigenvalue weighted by atomic mass is 32.1. The van der Waals surface area contributed by atoms with Gasteiger partial charge < -0.3 is 0 Å². The largest absolute Gasteiger partial charge is 0.243 e. The SMILES string of the molecule is c1ccc(-c2ccc(-c3nc4c5ccccc5c5ccccc5c4nc3-c3cc(-c4cccc5c4sc4ccccc45)cc(-c4cccc5c4sc4ccccc45)c3)cc2)cc1. The van der Waals surface area contributed by atoms with Gasteiger partial charge >= 0.3 is 0 Å². The molecule has 0 aliphatic rings. The molecular weight excluding hydrogens is 789 g/mol. The van der Waals surface area contributed by atoms with Crippen LogP contribution in [-0.4, -0.2) is 9.97 Å². The van der Waals surface area contributed by atoms with Gasteiger partial charge in [0.15, 0.2) is 0 Å². The molecule has 3 aromatic heterocycles. The van der Waals surface area contributed by atoms with E-state index in [1.807, 2.05) is 22.7 Å². The second kappa shape index (κ2) is 14.0. The number of hydrogen-bond acceptors (Lipinski definition) is 4. The third kappa shape index (κ3) is 5.54. The van der Waals surface area contributed by atoms with Crippen LogP contribution in [0.2, 0.25) is 0 Å². The number of benzene rings is 10. The molecule has 13 aromatic rings. The highest BCUT2D eigenvalue weighted by Crippen LogP contribution is 2.46. The Hall–Kier alpha value is -7.50. The Morgan fingerprint density at radius 3 is 1.18 bits per heavy atom. The van der Waals surface area contributed by atoms with Crippen LogP contribution >= 0.6 is 22.7 Å². The minimum absolute atomic E-state index is 0.862. The van der Waals surface area contributed by atoms with Gasteiger partial charge in [-0.3, -0.25) is 0 Å². The summed E-state index contributed by atoms with van der Waals surface area (Å²) in [6.45, 7) is 0. The standard InChI is InChI=1S/C58H34N2S2/c1-2-14-35(15-3-1)36-28-30-37(31-29-36)53-54(60-56-48-21-7-5-17-44(48)43-16-4-6-20-47(43)55(56)59-53)40-33-38(41-22-12-24-49-45-18-8-10-26-51(45)61-57(41)49)32-39(34-40)42-23-13-25-50-46-19-9-11-27-52(46)62-58(42)50/h1-34H. The van der Waals surface area contributed by atoms with Crippen molar-refractivity contribution in [2.45, 2.75) is 0 Å². The summed E-state index contributed by atoms with van der Waals surface area (Å²) in [6, 6.07) is 74.9. The van der Waals surface area contributed by atoms with Crippen LogP contribution in [0, 0.1) is 0 Å². The number of aromatic nitrogens is 2. The van der Waals surface area contributed by atoms with Gasteiger partial charge in [-0.15, -0.1) is 22.7 Å².